The zero-order valence-corrected chi connectivity index (χ0v) is 13.4. The number of benzene rings is 3. The highest BCUT2D eigenvalue weighted by molar-refractivity contribution is 7.40. The normalized spacial score (nSPS) is 11.4. The van der Waals surface area contributed by atoms with Gasteiger partial charge in [0.25, 0.3) is 0 Å². The van der Waals surface area contributed by atoms with Crippen LogP contribution in [0.25, 0.3) is 0 Å². The molecule has 0 unspecified atom stereocenters. The van der Waals surface area contributed by atoms with E-state index < -0.39 is 7.38 Å². The van der Waals surface area contributed by atoms with Crippen LogP contribution in [0.3, 0.4) is 0 Å². The van der Waals surface area contributed by atoms with Crippen molar-refractivity contribution in [3.05, 3.63) is 90.5 Å². The topological polar surface area (TPSA) is 0 Å². The van der Waals surface area contributed by atoms with Crippen LogP contribution < -0.4 is 15.6 Å². The molecule has 3 aromatic carbocycles. The van der Waals surface area contributed by atoms with Crippen molar-refractivity contribution in [3.8, 4) is 0 Å². The molecule has 0 atom stereocenters. The molecule has 110 valence electrons. The second-order valence-electron chi connectivity index (χ2n) is 5.04. The SMILES string of the molecule is Fc1ccc([Si](Cl)(c2ccccc2)c2ccc(F)cc2)cc1. The Labute approximate surface area is 133 Å². The second-order valence-corrected chi connectivity index (χ2v) is 9.79. The summed E-state index contributed by atoms with van der Waals surface area (Å²) in [6.45, 7) is 0. The highest BCUT2D eigenvalue weighted by atomic mass is 35.6. The van der Waals surface area contributed by atoms with E-state index in [0.29, 0.717) is 0 Å². The predicted molar refractivity (Wildman–Crippen MR) is 89.8 cm³/mol. The molecule has 22 heavy (non-hydrogen) atoms. The summed E-state index contributed by atoms with van der Waals surface area (Å²) in [6.07, 6.45) is 0. The predicted octanol–water partition coefficient (Wildman–Crippen LogP) is 3.17. The molecule has 0 spiro atoms. The molecule has 4 heteroatoms. The van der Waals surface area contributed by atoms with Gasteiger partial charge in [0.1, 0.15) is 11.6 Å². The molecule has 0 aliphatic rings. The Kier molecular flexibility index (Phi) is 4.09. The third-order valence-corrected chi connectivity index (χ3v) is 9.01. The van der Waals surface area contributed by atoms with Crippen LogP contribution in [0.4, 0.5) is 8.78 Å². The molecule has 0 bridgehead atoms. The Morgan fingerprint density at radius 1 is 0.545 bits per heavy atom. The van der Waals surface area contributed by atoms with Gasteiger partial charge in [-0.15, -0.1) is 11.1 Å². The fraction of sp³-hybridized carbons (Fsp3) is 0. The van der Waals surface area contributed by atoms with E-state index in [2.05, 4.69) is 0 Å². The third-order valence-electron chi connectivity index (χ3n) is 3.66. The Balaban J connectivity index is 2.22. The molecule has 0 aromatic heterocycles. The van der Waals surface area contributed by atoms with Crippen molar-refractivity contribution in [1.82, 2.24) is 0 Å². The standard InChI is InChI=1S/C18H13ClF2Si/c19-22(16-4-2-1-3-5-16,17-10-6-14(20)7-11-17)18-12-8-15(21)9-13-18/h1-13H. The molecule has 0 saturated carbocycles. The average molecular weight is 331 g/mol. The van der Waals surface area contributed by atoms with Crippen LogP contribution >= 0.6 is 11.1 Å². The molecule has 0 saturated heterocycles. The van der Waals surface area contributed by atoms with E-state index in [-0.39, 0.29) is 11.6 Å². The molecule has 0 aliphatic carbocycles. The lowest BCUT2D eigenvalue weighted by Crippen LogP contribution is -2.62. The number of hydrogen-bond acceptors (Lipinski definition) is 0. The van der Waals surface area contributed by atoms with Crippen molar-refractivity contribution in [3.63, 3.8) is 0 Å². The molecule has 0 heterocycles. The fourth-order valence-corrected chi connectivity index (χ4v) is 6.56. The summed E-state index contributed by atoms with van der Waals surface area (Å²) in [5.41, 5.74) is 0. The molecule has 0 amide bonds. The summed E-state index contributed by atoms with van der Waals surface area (Å²) in [7, 11) is -2.78. The maximum Gasteiger partial charge on any atom is 0.247 e. The smallest absolute Gasteiger partial charge is 0.207 e. The van der Waals surface area contributed by atoms with E-state index in [1.54, 1.807) is 24.3 Å². The van der Waals surface area contributed by atoms with Crippen LogP contribution in [-0.4, -0.2) is 7.38 Å². The Morgan fingerprint density at radius 2 is 0.909 bits per heavy atom. The van der Waals surface area contributed by atoms with Gasteiger partial charge < -0.3 is 0 Å². The summed E-state index contributed by atoms with van der Waals surface area (Å²) in [5.74, 6) is -0.604. The summed E-state index contributed by atoms with van der Waals surface area (Å²) in [5, 5.41) is 2.72. The zero-order chi connectivity index (χ0) is 15.6. The van der Waals surface area contributed by atoms with Crippen molar-refractivity contribution in [2.45, 2.75) is 0 Å². The summed E-state index contributed by atoms with van der Waals surface area (Å²) < 4.78 is 26.5. The van der Waals surface area contributed by atoms with Crippen LogP contribution in [0.1, 0.15) is 0 Å². The van der Waals surface area contributed by atoms with E-state index in [4.69, 9.17) is 11.1 Å². The van der Waals surface area contributed by atoms with E-state index >= 15 is 0 Å². The van der Waals surface area contributed by atoms with Gasteiger partial charge in [0.05, 0.1) is 0 Å². The van der Waals surface area contributed by atoms with Crippen molar-refractivity contribution in [2.24, 2.45) is 0 Å². The monoisotopic (exact) mass is 330 g/mol. The number of rotatable bonds is 3. The van der Waals surface area contributed by atoms with E-state index in [9.17, 15) is 8.78 Å². The van der Waals surface area contributed by atoms with Crippen molar-refractivity contribution in [2.75, 3.05) is 0 Å². The largest absolute Gasteiger partial charge is 0.247 e. The van der Waals surface area contributed by atoms with Crippen LogP contribution in [0.2, 0.25) is 0 Å². The molecule has 0 N–H and O–H groups in total. The second kappa shape index (κ2) is 6.03. The fourth-order valence-electron chi connectivity index (χ4n) is 2.53. The molecule has 0 fully saturated rings. The van der Waals surface area contributed by atoms with E-state index in [1.165, 1.54) is 24.3 Å². The van der Waals surface area contributed by atoms with Crippen LogP contribution in [0.5, 0.6) is 0 Å². The lowest BCUT2D eigenvalue weighted by atomic mass is 10.3. The van der Waals surface area contributed by atoms with Gasteiger partial charge in [0, 0.05) is 0 Å². The van der Waals surface area contributed by atoms with Crippen molar-refractivity contribution >= 4 is 34.0 Å². The van der Waals surface area contributed by atoms with Crippen LogP contribution in [0, 0.1) is 11.6 Å². The van der Waals surface area contributed by atoms with Crippen LogP contribution in [0.15, 0.2) is 78.9 Å². The zero-order valence-electron chi connectivity index (χ0n) is 11.6. The molecule has 3 rings (SSSR count). The van der Waals surface area contributed by atoms with Gasteiger partial charge in [0.15, 0.2) is 0 Å². The van der Waals surface area contributed by atoms with E-state index in [0.717, 1.165) is 15.6 Å². The summed E-state index contributed by atoms with van der Waals surface area (Å²) >= 11 is 7.11. The number of halogens is 3. The first-order valence-electron chi connectivity index (χ1n) is 6.87. The molecule has 0 nitrogen and oxygen atoms in total. The van der Waals surface area contributed by atoms with Crippen molar-refractivity contribution in [1.29, 1.82) is 0 Å². The van der Waals surface area contributed by atoms with Crippen LogP contribution in [-0.2, 0) is 0 Å². The van der Waals surface area contributed by atoms with Gasteiger partial charge in [-0.2, -0.15) is 0 Å². The lowest BCUT2D eigenvalue weighted by Gasteiger charge is -2.26. The van der Waals surface area contributed by atoms with Gasteiger partial charge >= 0.3 is 0 Å². The Morgan fingerprint density at radius 3 is 1.32 bits per heavy atom. The van der Waals surface area contributed by atoms with Gasteiger partial charge in [-0.25, -0.2) is 8.78 Å². The molecule has 0 radical (unpaired) electrons. The van der Waals surface area contributed by atoms with Gasteiger partial charge in [-0.1, -0.05) is 54.6 Å². The maximum absolute atomic E-state index is 13.3. The minimum Gasteiger partial charge on any atom is -0.207 e. The maximum atomic E-state index is 13.3. The highest BCUT2D eigenvalue weighted by Crippen LogP contribution is 2.13. The van der Waals surface area contributed by atoms with Crippen molar-refractivity contribution < 1.29 is 8.78 Å². The van der Waals surface area contributed by atoms with Gasteiger partial charge in [0.2, 0.25) is 7.38 Å². The van der Waals surface area contributed by atoms with Gasteiger partial charge in [-0.3, -0.25) is 0 Å². The average Bonchev–Trinajstić information content (AvgIpc) is 2.56. The first-order chi connectivity index (χ1) is 10.6. The quantitative estimate of drug-likeness (QED) is 0.393. The highest BCUT2D eigenvalue weighted by Gasteiger charge is 2.37. The number of hydrogen-bond donors (Lipinski definition) is 0. The first kappa shape index (κ1) is 14.9. The molecular formula is C18H13ClF2Si. The summed E-state index contributed by atoms with van der Waals surface area (Å²) in [4.78, 5) is 0. The molecule has 3 aromatic rings. The van der Waals surface area contributed by atoms with Gasteiger partial charge in [-0.05, 0) is 39.8 Å². The Bertz CT molecular complexity index is 710. The summed E-state index contributed by atoms with van der Waals surface area (Å²) in [6, 6.07) is 22.2. The third kappa shape index (κ3) is 2.70. The molecular weight excluding hydrogens is 318 g/mol. The van der Waals surface area contributed by atoms with E-state index in [1.807, 2.05) is 30.3 Å². The minimum atomic E-state index is -2.78. The first-order valence-corrected chi connectivity index (χ1v) is 9.88. The lowest BCUT2D eigenvalue weighted by molar-refractivity contribution is 0.628. The molecule has 0 aliphatic heterocycles. The minimum absolute atomic E-state index is 0.302. The Hall–Kier alpha value is -1.97.